The van der Waals surface area contributed by atoms with Crippen LogP contribution in [0.1, 0.15) is 69.4 Å². The molecule has 0 bridgehead atoms. The highest BCUT2D eigenvalue weighted by Crippen LogP contribution is 2.65. The molecule has 4 aliphatic carbocycles. The van der Waals surface area contributed by atoms with Gasteiger partial charge in [0.1, 0.15) is 0 Å². The average Bonchev–Trinajstić information content (AvgIpc) is 3.15. The van der Waals surface area contributed by atoms with Crippen molar-refractivity contribution in [3.8, 4) is 0 Å². The number of benzene rings is 1. The van der Waals surface area contributed by atoms with E-state index in [2.05, 4.69) is 18.2 Å². The lowest BCUT2D eigenvalue weighted by Crippen LogP contribution is -2.49. The number of fused-ring (bicyclic) bond motifs is 4. The van der Waals surface area contributed by atoms with Gasteiger partial charge in [-0.25, -0.2) is 0 Å². The van der Waals surface area contributed by atoms with Gasteiger partial charge >= 0.3 is 0 Å². The number of aliphatic hydroxyl groups is 1. The molecule has 5 heteroatoms. The Labute approximate surface area is 201 Å². The van der Waals surface area contributed by atoms with Crippen molar-refractivity contribution >= 4 is 17.6 Å². The minimum atomic E-state index is -0.316. The first kappa shape index (κ1) is 23.3. The van der Waals surface area contributed by atoms with Gasteiger partial charge in [0.15, 0.2) is 5.78 Å². The monoisotopic (exact) mass is 461 g/mol. The lowest BCUT2D eigenvalue weighted by molar-refractivity contribution is -0.114. The average molecular weight is 462 g/mol. The Morgan fingerprint density at radius 3 is 2.71 bits per heavy atom. The van der Waals surface area contributed by atoms with Gasteiger partial charge in [-0.3, -0.25) is 4.79 Å². The Balaban J connectivity index is 1.58. The van der Waals surface area contributed by atoms with Gasteiger partial charge in [0, 0.05) is 30.1 Å². The number of aliphatic hydroxyl groups excluding tert-OH is 1. The number of Topliss-reactive ketones (excluding diaryl/α,β-unsaturated/α-hetero) is 1. The lowest BCUT2D eigenvalue weighted by Gasteiger charge is -2.52. The molecule has 0 amide bonds. The molecule has 2 N–H and O–H groups in total. The second-order valence-electron chi connectivity index (χ2n) is 10.5. The Kier molecular flexibility index (Phi) is 6.11. The van der Waals surface area contributed by atoms with Gasteiger partial charge in [-0.2, -0.15) is 0 Å². The van der Waals surface area contributed by atoms with Crippen LogP contribution in [0.5, 0.6) is 0 Å². The van der Waals surface area contributed by atoms with Crippen molar-refractivity contribution in [2.75, 3.05) is 13.7 Å². The fourth-order valence-electron chi connectivity index (χ4n) is 7.80. The number of hydrogen-bond donors (Lipinski definition) is 2. The van der Waals surface area contributed by atoms with Gasteiger partial charge in [-0.15, -0.1) is 0 Å². The fraction of sp³-hybridized carbons (Fsp3) is 0.517. The maximum Gasteiger partial charge on any atom is 0.164 e. The number of ether oxygens (including phenoxy) is 1. The molecule has 0 unspecified atom stereocenters. The topological polar surface area (TPSA) is 79.1 Å². The van der Waals surface area contributed by atoms with E-state index in [4.69, 9.17) is 9.94 Å². The molecule has 0 radical (unpaired) electrons. The summed E-state index contributed by atoms with van der Waals surface area (Å²) in [6.07, 6.45) is 13.0. The third kappa shape index (κ3) is 3.36. The highest BCUT2D eigenvalue weighted by atomic mass is 16.5. The summed E-state index contributed by atoms with van der Waals surface area (Å²) >= 11 is 0. The summed E-state index contributed by atoms with van der Waals surface area (Å²) in [4.78, 5) is 13.2. The number of carbonyl (C=O) groups is 1. The molecular formula is C29H35NO4. The van der Waals surface area contributed by atoms with Crippen LogP contribution < -0.4 is 0 Å². The van der Waals surface area contributed by atoms with Gasteiger partial charge in [-0.1, -0.05) is 54.1 Å². The van der Waals surface area contributed by atoms with Crippen LogP contribution in [0.15, 0.2) is 58.3 Å². The summed E-state index contributed by atoms with van der Waals surface area (Å²) < 4.78 is 6.18. The number of allylic oxidation sites excluding steroid dienone is 4. The van der Waals surface area contributed by atoms with Crippen LogP contribution in [0.3, 0.4) is 0 Å². The van der Waals surface area contributed by atoms with Crippen LogP contribution in [-0.4, -0.2) is 41.6 Å². The zero-order valence-corrected chi connectivity index (χ0v) is 20.2. The summed E-state index contributed by atoms with van der Waals surface area (Å²) in [5, 5.41) is 21.8. The summed E-state index contributed by atoms with van der Waals surface area (Å²) in [5.41, 5.74) is 6.43. The predicted molar refractivity (Wildman–Crippen MR) is 133 cm³/mol. The zero-order chi connectivity index (χ0) is 23.9. The van der Waals surface area contributed by atoms with E-state index in [1.54, 1.807) is 5.57 Å². The van der Waals surface area contributed by atoms with Crippen LogP contribution >= 0.6 is 0 Å². The second-order valence-corrected chi connectivity index (χ2v) is 10.5. The second kappa shape index (κ2) is 8.94. The first-order valence-corrected chi connectivity index (χ1v) is 12.6. The molecule has 0 heterocycles. The third-order valence-corrected chi connectivity index (χ3v) is 9.38. The Morgan fingerprint density at radius 2 is 1.94 bits per heavy atom. The lowest BCUT2D eigenvalue weighted by atomic mass is 9.54. The molecule has 34 heavy (non-hydrogen) atoms. The number of rotatable bonds is 5. The fourth-order valence-corrected chi connectivity index (χ4v) is 7.80. The molecule has 5 rings (SSSR count). The number of methoxy groups -OCH3 is 1. The standard InChI is InChI=1S/C29H35NO4/c1-28-15-12-22-21-10-11-26(32)27(20-7-4-3-6-19(20)18-30-33)24(21)9-8-23(22)25(28)13-16-29(28,34-2)14-5-17-31/h3-7,14,18,23,25,31,33H,8-13,15-17H2,1-2H3/b14-5-,30-18-/t23-,25+,28+,29+/m1/s1. The molecule has 0 aliphatic heterocycles. The normalized spacial score (nSPS) is 33.6. The van der Waals surface area contributed by atoms with E-state index in [9.17, 15) is 9.90 Å². The number of carbonyl (C=O) groups excluding carboxylic acids is 1. The van der Waals surface area contributed by atoms with Crippen LogP contribution in [0.4, 0.5) is 0 Å². The molecule has 0 spiro atoms. The summed E-state index contributed by atoms with van der Waals surface area (Å²) in [6.45, 7) is 2.43. The van der Waals surface area contributed by atoms with Gasteiger partial charge < -0.3 is 15.1 Å². The Morgan fingerprint density at radius 1 is 1.12 bits per heavy atom. The van der Waals surface area contributed by atoms with Crippen molar-refractivity contribution in [1.29, 1.82) is 0 Å². The molecule has 1 aromatic rings. The molecule has 0 saturated heterocycles. The minimum absolute atomic E-state index is 0.0397. The maximum absolute atomic E-state index is 13.2. The molecule has 4 atom stereocenters. The van der Waals surface area contributed by atoms with Gasteiger partial charge in [-0.05, 0) is 73.5 Å². The van der Waals surface area contributed by atoms with Crippen molar-refractivity contribution in [1.82, 2.24) is 0 Å². The van der Waals surface area contributed by atoms with E-state index in [1.165, 1.54) is 17.4 Å². The molecule has 4 aliphatic rings. The van der Waals surface area contributed by atoms with Crippen LogP contribution in [0.2, 0.25) is 0 Å². The van der Waals surface area contributed by atoms with Gasteiger partial charge in [0.05, 0.1) is 18.4 Å². The summed E-state index contributed by atoms with van der Waals surface area (Å²) in [6, 6.07) is 7.74. The van der Waals surface area contributed by atoms with E-state index in [-0.39, 0.29) is 23.4 Å². The number of oxime groups is 1. The van der Waals surface area contributed by atoms with Crippen molar-refractivity contribution in [3.63, 3.8) is 0 Å². The Bertz CT molecular complexity index is 1110. The highest BCUT2D eigenvalue weighted by Gasteiger charge is 2.60. The quantitative estimate of drug-likeness (QED) is 0.264. The van der Waals surface area contributed by atoms with Crippen molar-refractivity contribution < 1.29 is 19.8 Å². The first-order valence-electron chi connectivity index (χ1n) is 12.6. The molecule has 2 saturated carbocycles. The number of ketones is 1. The van der Waals surface area contributed by atoms with Gasteiger partial charge in [0.25, 0.3) is 0 Å². The smallest absolute Gasteiger partial charge is 0.164 e. The van der Waals surface area contributed by atoms with Crippen LogP contribution in [-0.2, 0) is 9.53 Å². The molecule has 180 valence electrons. The largest absolute Gasteiger partial charge is 0.411 e. The maximum atomic E-state index is 13.2. The molecule has 0 aromatic heterocycles. The van der Waals surface area contributed by atoms with Gasteiger partial charge in [0.2, 0.25) is 0 Å². The van der Waals surface area contributed by atoms with Crippen molar-refractivity contribution in [2.45, 2.75) is 63.9 Å². The highest BCUT2D eigenvalue weighted by molar-refractivity contribution is 6.24. The SMILES string of the molecule is CO[C@@]1(/C=C\CO)CC[C@H]2[C@@H]3CCC4=C(c5ccccc5/C=N\O)C(=O)CCC4=C3CC[C@@]21C. The third-order valence-electron chi connectivity index (χ3n) is 9.38. The van der Waals surface area contributed by atoms with E-state index in [1.807, 2.05) is 37.5 Å². The number of hydrogen-bond acceptors (Lipinski definition) is 5. The minimum Gasteiger partial charge on any atom is -0.411 e. The first-order chi connectivity index (χ1) is 16.5. The van der Waals surface area contributed by atoms with E-state index >= 15 is 0 Å². The molecule has 1 aromatic carbocycles. The van der Waals surface area contributed by atoms with Crippen molar-refractivity contribution in [3.05, 3.63) is 64.3 Å². The summed E-state index contributed by atoms with van der Waals surface area (Å²) in [5.74, 6) is 1.27. The van der Waals surface area contributed by atoms with E-state index in [0.29, 0.717) is 18.3 Å². The van der Waals surface area contributed by atoms with Crippen LogP contribution in [0.25, 0.3) is 5.57 Å². The number of nitrogens with zero attached hydrogens (tertiary/aromatic N) is 1. The zero-order valence-electron chi connectivity index (χ0n) is 20.2. The van der Waals surface area contributed by atoms with Crippen LogP contribution in [0, 0.1) is 17.3 Å². The Hall–Kier alpha value is -2.50. The summed E-state index contributed by atoms with van der Waals surface area (Å²) in [7, 11) is 1.82. The molecular weight excluding hydrogens is 426 g/mol. The predicted octanol–water partition coefficient (Wildman–Crippen LogP) is 5.46. The van der Waals surface area contributed by atoms with E-state index < -0.39 is 0 Å². The molecule has 5 nitrogen and oxygen atoms in total. The van der Waals surface area contributed by atoms with Crippen molar-refractivity contribution in [2.24, 2.45) is 22.4 Å². The molecule has 2 fully saturated rings. The van der Waals surface area contributed by atoms with E-state index in [0.717, 1.165) is 61.6 Å².